The minimum atomic E-state index is -0.423. The topological polar surface area (TPSA) is 54.4 Å². The number of carbonyl (C=O) groups is 1. The van der Waals surface area contributed by atoms with Crippen molar-refractivity contribution in [1.29, 1.82) is 0 Å². The molecule has 1 amide bonds. The number of aryl methyl sites for hydroxylation is 1. The smallest absolute Gasteiger partial charge is 0.265 e. The third-order valence-corrected chi connectivity index (χ3v) is 6.79. The first-order valence-corrected chi connectivity index (χ1v) is 11.8. The zero-order chi connectivity index (χ0) is 22.9. The van der Waals surface area contributed by atoms with E-state index >= 15 is 0 Å². The highest BCUT2D eigenvalue weighted by Crippen LogP contribution is 2.33. The van der Waals surface area contributed by atoms with Crippen molar-refractivity contribution in [2.45, 2.75) is 19.8 Å². The van der Waals surface area contributed by atoms with Crippen molar-refractivity contribution in [2.75, 3.05) is 5.32 Å². The number of carbonyl (C=O) groups excluding carboxylic acids is 1. The average Bonchev–Trinajstić information content (AvgIpc) is 3.46. The number of nitrogens with one attached hydrogen (secondary N) is 1. The van der Waals surface area contributed by atoms with Gasteiger partial charge in [0.1, 0.15) is 5.82 Å². The average molecular weight is 476 g/mol. The van der Waals surface area contributed by atoms with Crippen molar-refractivity contribution in [3.05, 3.63) is 98.6 Å². The molecule has 1 aliphatic rings. The summed E-state index contributed by atoms with van der Waals surface area (Å²) >= 11 is 7.53. The summed E-state index contributed by atoms with van der Waals surface area (Å²) in [6.07, 6.45) is 3.44. The quantitative estimate of drug-likeness (QED) is 0.335. The number of pyridine rings is 1. The van der Waals surface area contributed by atoms with Crippen molar-refractivity contribution in [2.24, 2.45) is 4.99 Å². The van der Waals surface area contributed by atoms with Crippen LogP contribution in [0.15, 0.2) is 71.2 Å². The number of hydrogen-bond acceptors (Lipinski definition) is 4. The number of benzene rings is 2. The minimum Gasteiger partial charge on any atom is -0.321 e. The highest BCUT2D eigenvalue weighted by molar-refractivity contribution is 7.12. The number of fused-ring (bicyclic) bond motifs is 1. The van der Waals surface area contributed by atoms with Gasteiger partial charge >= 0.3 is 0 Å². The van der Waals surface area contributed by atoms with Crippen molar-refractivity contribution in [3.8, 4) is 11.1 Å². The molecule has 164 valence electrons. The van der Waals surface area contributed by atoms with Crippen LogP contribution < -0.4 is 5.32 Å². The minimum absolute atomic E-state index is 0.304. The molecule has 7 heteroatoms. The van der Waals surface area contributed by atoms with Crippen LogP contribution in [0.4, 0.5) is 15.9 Å². The number of hydrogen-bond donors (Lipinski definition) is 1. The van der Waals surface area contributed by atoms with Crippen LogP contribution in [0, 0.1) is 5.82 Å². The number of rotatable bonds is 5. The van der Waals surface area contributed by atoms with Gasteiger partial charge in [0.25, 0.3) is 5.91 Å². The van der Waals surface area contributed by atoms with Crippen molar-refractivity contribution in [3.63, 3.8) is 0 Å². The van der Waals surface area contributed by atoms with Crippen LogP contribution in [0.2, 0.25) is 5.02 Å². The van der Waals surface area contributed by atoms with Crippen LogP contribution in [0.25, 0.3) is 11.1 Å². The van der Waals surface area contributed by atoms with Gasteiger partial charge in [-0.3, -0.25) is 4.79 Å². The van der Waals surface area contributed by atoms with E-state index < -0.39 is 5.82 Å². The SMILES string of the molecule is CCc1ccc(-c2cnc3c(c2)CC(c2cc(NC(=O)c4cc(F)cs4)ccc2Cl)=N3)cc1. The summed E-state index contributed by atoms with van der Waals surface area (Å²) in [5.41, 5.74) is 6.58. The third-order valence-electron chi connectivity index (χ3n) is 5.56. The second-order valence-electron chi connectivity index (χ2n) is 7.77. The molecule has 0 saturated carbocycles. The zero-order valence-corrected chi connectivity index (χ0v) is 19.3. The number of amides is 1. The van der Waals surface area contributed by atoms with E-state index in [1.807, 2.05) is 6.20 Å². The summed E-state index contributed by atoms with van der Waals surface area (Å²) in [5, 5.41) is 4.64. The third kappa shape index (κ3) is 4.45. The van der Waals surface area contributed by atoms with E-state index in [0.29, 0.717) is 27.8 Å². The van der Waals surface area contributed by atoms with E-state index in [0.717, 1.165) is 45.7 Å². The lowest BCUT2D eigenvalue weighted by Crippen LogP contribution is -2.11. The Morgan fingerprint density at radius 3 is 2.67 bits per heavy atom. The van der Waals surface area contributed by atoms with Crippen LogP contribution in [-0.2, 0) is 12.8 Å². The van der Waals surface area contributed by atoms with Gasteiger partial charge in [-0.25, -0.2) is 14.4 Å². The normalized spacial score (nSPS) is 12.4. The Hall–Kier alpha value is -3.35. The lowest BCUT2D eigenvalue weighted by Gasteiger charge is -2.09. The van der Waals surface area contributed by atoms with E-state index in [9.17, 15) is 9.18 Å². The van der Waals surface area contributed by atoms with Crippen LogP contribution in [0.5, 0.6) is 0 Å². The zero-order valence-electron chi connectivity index (χ0n) is 17.7. The Balaban J connectivity index is 1.38. The maximum atomic E-state index is 13.2. The maximum Gasteiger partial charge on any atom is 0.265 e. The largest absolute Gasteiger partial charge is 0.321 e. The summed E-state index contributed by atoms with van der Waals surface area (Å²) in [6.45, 7) is 2.14. The first-order valence-electron chi connectivity index (χ1n) is 10.5. The standard InChI is InChI=1S/C26H19ClFN3OS/c1-2-15-3-5-16(6-4-15)18-9-17-10-23(31-25(17)29-13-18)21-12-20(7-8-22(21)27)30-26(32)24-11-19(28)14-33-24/h3-9,11-14H,2,10H2,1H3,(H,30,32). The molecular weight excluding hydrogens is 457 g/mol. The van der Waals surface area contributed by atoms with Gasteiger partial charge in [0.05, 0.1) is 10.6 Å². The summed E-state index contributed by atoms with van der Waals surface area (Å²) < 4.78 is 13.2. The van der Waals surface area contributed by atoms with E-state index in [-0.39, 0.29) is 5.91 Å². The van der Waals surface area contributed by atoms with Gasteiger partial charge in [0.15, 0.2) is 5.82 Å². The number of nitrogens with zero attached hydrogens (tertiary/aromatic N) is 2. The number of anilines is 1. The van der Waals surface area contributed by atoms with Crippen molar-refractivity contribution < 1.29 is 9.18 Å². The van der Waals surface area contributed by atoms with Gasteiger partial charge in [-0.1, -0.05) is 42.8 Å². The molecule has 0 fully saturated rings. The Labute approximate surface area is 199 Å². The number of thiophene rings is 1. The lowest BCUT2D eigenvalue weighted by atomic mass is 10.0. The molecule has 33 heavy (non-hydrogen) atoms. The maximum absolute atomic E-state index is 13.2. The molecule has 2 aromatic heterocycles. The van der Waals surface area contributed by atoms with Crippen LogP contribution in [0.3, 0.4) is 0 Å². The second kappa shape index (κ2) is 8.89. The molecule has 5 rings (SSSR count). The molecule has 0 bridgehead atoms. The molecule has 4 aromatic rings. The van der Waals surface area contributed by atoms with Crippen LogP contribution in [-0.4, -0.2) is 16.6 Å². The highest BCUT2D eigenvalue weighted by atomic mass is 35.5. The van der Waals surface area contributed by atoms with Gasteiger partial charge in [0.2, 0.25) is 0 Å². The first kappa shape index (κ1) is 21.5. The molecule has 0 spiro atoms. The highest BCUT2D eigenvalue weighted by Gasteiger charge is 2.21. The Morgan fingerprint density at radius 2 is 1.94 bits per heavy atom. The summed E-state index contributed by atoms with van der Waals surface area (Å²) in [6, 6.07) is 17.1. The fraction of sp³-hybridized carbons (Fsp3) is 0.115. The molecule has 4 nitrogen and oxygen atoms in total. The molecular formula is C26H19ClFN3OS. The Bertz CT molecular complexity index is 1400. The van der Waals surface area contributed by atoms with E-state index in [4.69, 9.17) is 11.6 Å². The Kier molecular flexibility index (Phi) is 5.79. The van der Waals surface area contributed by atoms with Gasteiger partial charge in [-0.05, 0) is 47.9 Å². The summed E-state index contributed by atoms with van der Waals surface area (Å²) in [7, 11) is 0. The van der Waals surface area contributed by atoms with Crippen molar-refractivity contribution in [1.82, 2.24) is 4.98 Å². The number of halogens is 2. The summed E-state index contributed by atoms with van der Waals surface area (Å²) in [4.78, 5) is 21.9. The summed E-state index contributed by atoms with van der Waals surface area (Å²) in [5.74, 6) is -0.110. The van der Waals surface area contributed by atoms with Crippen LogP contribution in [0.1, 0.15) is 33.3 Å². The molecule has 0 unspecified atom stereocenters. The van der Waals surface area contributed by atoms with Crippen molar-refractivity contribution >= 4 is 46.1 Å². The van der Waals surface area contributed by atoms with Gasteiger partial charge in [-0.2, -0.15) is 0 Å². The van der Waals surface area contributed by atoms with Gasteiger partial charge in [0, 0.05) is 45.4 Å². The molecule has 0 atom stereocenters. The van der Waals surface area contributed by atoms with Gasteiger partial charge in [-0.15, -0.1) is 11.3 Å². The monoisotopic (exact) mass is 475 g/mol. The molecule has 0 saturated heterocycles. The first-order chi connectivity index (χ1) is 16.0. The second-order valence-corrected chi connectivity index (χ2v) is 9.09. The number of aromatic nitrogens is 1. The molecule has 1 aliphatic heterocycles. The predicted molar refractivity (Wildman–Crippen MR) is 133 cm³/mol. The number of aliphatic imine (C=N–C) groups is 1. The lowest BCUT2D eigenvalue weighted by molar-refractivity contribution is 0.103. The molecule has 3 heterocycles. The molecule has 2 aromatic carbocycles. The van der Waals surface area contributed by atoms with Gasteiger partial charge < -0.3 is 5.32 Å². The Morgan fingerprint density at radius 1 is 1.12 bits per heavy atom. The fourth-order valence-electron chi connectivity index (χ4n) is 3.78. The van der Waals surface area contributed by atoms with E-state index in [1.54, 1.807) is 18.2 Å². The predicted octanol–water partition coefficient (Wildman–Crippen LogP) is 7.09. The fourth-order valence-corrected chi connectivity index (χ4v) is 4.65. The van der Waals surface area contributed by atoms with E-state index in [1.165, 1.54) is 17.0 Å². The van der Waals surface area contributed by atoms with E-state index in [2.05, 4.69) is 52.5 Å². The molecule has 1 N–H and O–H groups in total. The van der Waals surface area contributed by atoms with Crippen LogP contribution >= 0.6 is 22.9 Å². The molecule has 0 aliphatic carbocycles. The molecule has 0 radical (unpaired) electrons.